The van der Waals surface area contributed by atoms with Gasteiger partial charge in [0.15, 0.2) is 0 Å². The van der Waals surface area contributed by atoms with Crippen LogP contribution in [-0.4, -0.2) is 0 Å². The largest absolute Gasteiger partial charge is 0.255 e. The van der Waals surface area contributed by atoms with E-state index in [4.69, 9.17) is 0 Å². The second-order valence-corrected chi connectivity index (χ2v) is 3.68. The summed E-state index contributed by atoms with van der Waals surface area (Å²) in [6.45, 7) is 8.01. The second-order valence-electron chi connectivity index (χ2n) is 3.68. The molecule has 14 heavy (non-hydrogen) atoms. The van der Waals surface area contributed by atoms with Gasteiger partial charge in [0, 0.05) is 11.4 Å². The van der Waals surface area contributed by atoms with Crippen molar-refractivity contribution < 1.29 is 0 Å². The fourth-order valence-corrected chi connectivity index (χ4v) is 1.33. The monoisotopic (exact) mass is 183 g/mol. The van der Waals surface area contributed by atoms with Crippen molar-refractivity contribution in [3.8, 4) is 0 Å². The van der Waals surface area contributed by atoms with Gasteiger partial charge in [-0.25, -0.2) is 0 Å². The van der Waals surface area contributed by atoms with E-state index in [0.717, 1.165) is 10.9 Å². The highest BCUT2D eigenvalue weighted by Gasteiger charge is 1.97. The van der Waals surface area contributed by atoms with Crippen LogP contribution in [0.25, 0.3) is 12.3 Å². The van der Waals surface area contributed by atoms with Gasteiger partial charge in [0.1, 0.15) is 0 Å². The summed E-state index contributed by atoms with van der Waals surface area (Å²) < 4.78 is 0. The molecule has 0 bridgehead atoms. The third kappa shape index (κ3) is 1.53. The van der Waals surface area contributed by atoms with Crippen LogP contribution in [0.15, 0.2) is 40.9 Å². The van der Waals surface area contributed by atoms with Gasteiger partial charge in [-0.1, -0.05) is 24.3 Å². The zero-order valence-electron chi connectivity index (χ0n) is 8.54. The summed E-state index contributed by atoms with van der Waals surface area (Å²) in [6, 6.07) is 6.28. The first-order chi connectivity index (χ1) is 6.66. The molecule has 1 aromatic rings. The average molecular weight is 183 g/mol. The van der Waals surface area contributed by atoms with E-state index in [1.807, 2.05) is 19.2 Å². The molecule has 1 aliphatic rings. The van der Waals surface area contributed by atoms with Gasteiger partial charge in [0.2, 0.25) is 0 Å². The van der Waals surface area contributed by atoms with Crippen LogP contribution >= 0.6 is 0 Å². The zero-order chi connectivity index (χ0) is 10.1. The Morgan fingerprint density at radius 2 is 2.14 bits per heavy atom. The topological polar surface area (TPSA) is 12.4 Å². The smallest absolute Gasteiger partial charge is 0.0718 e. The highest BCUT2D eigenvalue weighted by atomic mass is 14.7. The summed E-state index contributed by atoms with van der Waals surface area (Å²) in [6.07, 6.45) is 4.04. The molecule has 0 amide bonds. The number of fused-ring (bicyclic) bond motifs is 1. The van der Waals surface area contributed by atoms with Crippen LogP contribution in [0.4, 0.5) is 0 Å². The van der Waals surface area contributed by atoms with Gasteiger partial charge in [-0.2, -0.15) is 0 Å². The molecule has 0 radical (unpaired) electrons. The Kier molecular flexibility index (Phi) is 2.08. The molecule has 0 N–H and O–H groups in total. The standard InChI is InChI=1S/C13H13N/c1-9(2)10(3)6-11-4-5-13-12(7-11)8-14-13/h4-8H,1H2,2-3H3/b10-6+. The highest BCUT2D eigenvalue weighted by Crippen LogP contribution is 2.10. The number of hydrogen-bond acceptors (Lipinski definition) is 1. The summed E-state index contributed by atoms with van der Waals surface area (Å²) in [7, 11) is 0. The van der Waals surface area contributed by atoms with Gasteiger partial charge in [-0.15, -0.1) is 0 Å². The molecule has 1 aromatic carbocycles. The summed E-state index contributed by atoms with van der Waals surface area (Å²) >= 11 is 0. The summed E-state index contributed by atoms with van der Waals surface area (Å²) in [5, 5.41) is 2.32. The number of benzene rings is 1. The van der Waals surface area contributed by atoms with Crippen molar-refractivity contribution in [1.82, 2.24) is 0 Å². The Hall–Kier alpha value is -1.63. The van der Waals surface area contributed by atoms with Gasteiger partial charge < -0.3 is 0 Å². The Labute approximate surface area is 83.8 Å². The van der Waals surface area contributed by atoms with Gasteiger partial charge in [0.25, 0.3) is 0 Å². The van der Waals surface area contributed by atoms with Gasteiger partial charge in [0.05, 0.1) is 5.36 Å². The van der Waals surface area contributed by atoms with Crippen LogP contribution in [0.5, 0.6) is 0 Å². The first kappa shape index (κ1) is 8.95. The number of nitrogens with zero attached hydrogens (tertiary/aromatic N) is 1. The molecule has 0 saturated carbocycles. The summed E-state index contributed by atoms with van der Waals surface area (Å²) in [5.74, 6) is 0. The van der Waals surface area contributed by atoms with Crippen molar-refractivity contribution in [2.24, 2.45) is 4.99 Å². The Morgan fingerprint density at radius 1 is 1.36 bits per heavy atom. The third-order valence-corrected chi connectivity index (χ3v) is 2.45. The minimum Gasteiger partial charge on any atom is -0.255 e. The lowest BCUT2D eigenvalue weighted by Gasteiger charge is -2.02. The Morgan fingerprint density at radius 3 is 2.64 bits per heavy atom. The van der Waals surface area contributed by atoms with E-state index < -0.39 is 0 Å². The third-order valence-electron chi connectivity index (χ3n) is 2.45. The van der Waals surface area contributed by atoms with Crippen molar-refractivity contribution in [2.75, 3.05) is 0 Å². The van der Waals surface area contributed by atoms with Crippen LogP contribution < -0.4 is 10.6 Å². The summed E-state index contributed by atoms with van der Waals surface area (Å²) in [5.41, 5.74) is 3.55. The summed E-state index contributed by atoms with van der Waals surface area (Å²) in [4.78, 5) is 4.12. The molecule has 0 aliphatic carbocycles. The Balaban J connectivity index is 2.40. The fraction of sp³-hybridized carbons (Fsp3) is 0.154. The molecule has 0 spiro atoms. The molecule has 2 rings (SSSR count). The first-order valence-electron chi connectivity index (χ1n) is 4.69. The van der Waals surface area contributed by atoms with Gasteiger partial charge in [-0.3, -0.25) is 4.99 Å². The van der Waals surface area contributed by atoms with E-state index in [1.165, 1.54) is 16.4 Å². The van der Waals surface area contributed by atoms with Crippen LogP contribution in [0, 0.1) is 0 Å². The molecule has 0 aromatic heterocycles. The lowest BCUT2D eigenvalue weighted by Crippen LogP contribution is -2.30. The van der Waals surface area contributed by atoms with Gasteiger partial charge in [-0.05, 0) is 37.1 Å². The molecule has 1 nitrogen and oxygen atoms in total. The van der Waals surface area contributed by atoms with Crippen LogP contribution in [-0.2, 0) is 0 Å². The molecular formula is C13H13N. The lowest BCUT2D eigenvalue weighted by molar-refractivity contribution is 1.26. The first-order valence-corrected chi connectivity index (χ1v) is 4.69. The van der Waals surface area contributed by atoms with Crippen LogP contribution in [0.2, 0.25) is 0 Å². The quantitative estimate of drug-likeness (QED) is 0.622. The predicted octanol–water partition coefficient (Wildman–Crippen LogP) is 2.04. The van der Waals surface area contributed by atoms with E-state index in [0.29, 0.717) is 0 Å². The zero-order valence-corrected chi connectivity index (χ0v) is 8.54. The van der Waals surface area contributed by atoms with Crippen molar-refractivity contribution >= 4 is 12.3 Å². The van der Waals surface area contributed by atoms with E-state index in [1.54, 1.807) is 0 Å². The van der Waals surface area contributed by atoms with Gasteiger partial charge >= 0.3 is 0 Å². The number of rotatable bonds is 2. The van der Waals surface area contributed by atoms with E-state index >= 15 is 0 Å². The van der Waals surface area contributed by atoms with Crippen molar-refractivity contribution in [2.45, 2.75) is 13.8 Å². The van der Waals surface area contributed by atoms with Crippen molar-refractivity contribution in [3.05, 3.63) is 52.1 Å². The Bertz CT molecular complexity index is 533. The van der Waals surface area contributed by atoms with E-state index in [9.17, 15) is 0 Å². The molecule has 0 saturated heterocycles. The SMILES string of the molecule is C=C(C)/C(C)=C/c1ccc2c(c1)=CN=2. The molecule has 0 atom stereocenters. The second kappa shape index (κ2) is 3.26. The molecule has 1 aliphatic heterocycles. The van der Waals surface area contributed by atoms with Crippen molar-refractivity contribution in [3.63, 3.8) is 0 Å². The van der Waals surface area contributed by atoms with Crippen molar-refractivity contribution in [1.29, 1.82) is 0 Å². The normalized spacial score (nSPS) is 13.4. The van der Waals surface area contributed by atoms with Crippen LogP contribution in [0.1, 0.15) is 19.4 Å². The molecule has 0 unspecified atom stereocenters. The maximum absolute atomic E-state index is 4.12. The lowest BCUT2D eigenvalue weighted by atomic mass is 10.1. The molecular weight excluding hydrogens is 170 g/mol. The maximum atomic E-state index is 4.12. The maximum Gasteiger partial charge on any atom is 0.0718 e. The predicted molar refractivity (Wildman–Crippen MR) is 60.2 cm³/mol. The average Bonchev–Trinajstić information content (AvgIpc) is 2.09. The minimum atomic E-state index is 1.09. The van der Waals surface area contributed by atoms with E-state index in [2.05, 4.69) is 36.7 Å². The molecule has 1 heteroatoms. The van der Waals surface area contributed by atoms with Crippen LogP contribution in [0.3, 0.4) is 0 Å². The molecule has 0 fully saturated rings. The molecule has 1 heterocycles. The number of allylic oxidation sites excluding steroid dienone is 2. The fourth-order valence-electron chi connectivity index (χ4n) is 1.33. The molecule has 70 valence electrons. The number of hydrogen-bond donors (Lipinski definition) is 0. The minimum absolute atomic E-state index is 1.09. The highest BCUT2D eigenvalue weighted by molar-refractivity contribution is 5.57. The van der Waals surface area contributed by atoms with E-state index in [-0.39, 0.29) is 0 Å².